The Hall–Kier alpha value is -3.15. The largest absolute Gasteiger partial charge is 0.336 e. The summed E-state index contributed by atoms with van der Waals surface area (Å²) in [5, 5.41) is 2.78. The van der Waals surface area contributed by atoms with Crippen molar-refractivity contribution >= 4 is 17.8 Å². The first kappa shape index (κ1) is 22.5. The molecule has 1 heterocycles. The van der Waals surface area contributed by atoms with Gasteiger partial charge in [-0.1, -0.05) is 74.5 Å². The number of carbonyl (C=O) groups is 3. The second-order valence-electron chi connectivity index (χ2n) is 8.79. The first-order valence-corrected chi connectivity index (χ1v) is 10.8. The van der Waals surface area contributed by atoms with E-state index in [-0.39, 0.29) is 24.3 Å². The fraction of sp³-hybridized carbons (Fsp3) is 0.400. The van der Waals surface area contributed by atoms with E-state index in [2.05, 4.69) is 5.32 Å². The lowest BCUT2D eigenvalue weighted by Crippen LogP contribution is -2.46. The van der Waals surface area contributed by atoms with E-state index in [4.69, 9.17) is 0 Å². The molecule has 0 saturated carbocycles. The molecule has 1 fully saturated rings. The van der Waals surface area contributed by atoms with E-state index in [0.29, 0.717) is 25.9 Å². The van der Waals surface area contributed by atoms with Crippen molar-refractivity contribution in [1.29, 1.82) is 0 Å². The van der Waals surface area contributed by atoms with Crippen molar-refractivity contribution in [2.24, 2.45) is 5.92 Å². The van der Waals surface area contributed by atoms with Gasteiger partial charge in [-0.05, 0) is 36.8 Å². The van der Waals surface area contributed by atoms with E-state index < -0.39 is 11.6 Å². The molecular weight excluding hydrogens is 390 g/mol. The molecule has 6 nitrogen and oxygen atoms in total. The quantitative estimate of drug-likeness (QED) is 0.629. The van der Waals surface area contributed by atoms with Gasteiger partial charge >= 0.3 is 6.03 Å². The molecule has 0 unspecified atom stereocenters. The van der Waals surface area contributed by atoms with Crippen molar-refractivity contribution in [1.82, 2.24) is 15.1 Å². The van der Waals surface area contributed by atoms with Crippen LogP contribution in [0.3, 0.4) is 0 Å². The van der Waals surface area contributed by atoms with E-state index >= 15 is 0 Å². The summed E-state index contributed by atoms with van der Waals surface area (Å²) in [6.45, 7) is 6.42. The zero-order valence-corrected chi connectivity index (χ0v) is 18.5. The summed E-state index contributed by atoms with van der Waals surface area (Å²) in [6, 6.07) is 19.2. The lowest BCUT2D eigenvalue weighted by molar-refractivity contribution is -0.139. The van der Waals surface area contributed by atoms with Gasteiger partial charge in [-0.25, -0.2) is 4.79 Å². The zero-order chi connectivity index (χ0) is 22.4. The molecule has 1 atom stereocenters. The summed E-state index contributed by atoms with van der Waals surface area (Å²) >= 11 is 0. The second kappa shape index (κ2) is 9.77. The van der Waals surface area contributed by atoms with Gasteiger partial charge in [0.2, 0.25) is 5.91 Å². The fourth-order valence-electron chi connectivity index (χ4n) is 4.09. The number of amides is 4. The van der Waals surface area contributed by atoms with Gasteiger partial charge in [-0.3, -0.25) is 14.5 Å². The Morgan fingerprint density at radius 1 is 1.00 bits per heavy atom. The number of hydrogen-bond donors (Lipinski definition) is 1. The molecule has 0 spiro atoms. The number of urea groups is 1. The standard InChI is InChI=1S/C25H31N3O3/c1-19(2)16-25(3)23(30)28(24(31)26-25)18-22(29)27(17-21-12-8-5-9-13-21)15-14-20-10-6-4-7-11-20/h4-13,19H,14-18H2,1-3H3,(H,26,31)/t25-/m1/s1. The summed E-state index contributed by atoms with van der Waals surface area (Å²) in [7, 11) is 0. The maximum atomic E-state index is 13.2. The summed E-state index contributed by atoms with van der Waals surface area (Å²) in [5.74, 6) is -0.329. The van der Waals surface area contributed by atoms with Gasteiger partial charge in [0.1, 0.15) is 12.1 Å². The third kappa shape index (κ3) is 5.72. The van der Waals surface area contributed by atoms with Crippen molar-refractivity contribution < 1.29 is 14.4 Å². The maximum Gasteiger partial charge on any atom is 0.325 e. The molecule has 0 aliphatic carbocycles. The summed E-state index contributed by atoms with van der Waals surface area (Å²) in [4.78, 5) is 41.4. The number of nitrogens with one attached hydrogen (secondary N) is 1. The third-order valence-corrected chi connectivity index (χ3v) is 5.54. The van der Waals surface area contributed by atoms with Crippen LogP contribution in [0.4, 0.5) is 4.79 Å². The minimum Gasteiger partial charge on any atom is -0.336 e. The Morgan fingerprint density at radius 2 is 1.58 bits per heavy atom. The van der Waals surface area contributed by atoms with E-state index in [1.807, 2.05) is 74.5 Å². The Labute approximate surface area is 184 Å². The predicted octanol–water partition coefficient (Wildman–Crippen LogP) is 3.61. The van der Waals surface area contributed by atoms with Crippen LogP contribution in [0.25, 0.3) is 0 Å². The maximum absolute atomic E-state index is 13.2. The van der Waals surface area contributed by atoms with Gasteiger partial charge in [0.05, 0.1) is 0 Å². The predicted molar refractivity (Wildman–Crippen MR) is 120 cm³/mol. The Balaban J connectivity index is 1.72. The summed E-state index contributed by atoms with van der Waals surface area (Å²) < 4.78 is 0. The summed E-state index contributed by atoms with van der Waals surface area (Å²) in [5.41, 5.74) is 1.18. The normalized spacial score (nSPS) is 18.4. The molecule has 2 aromatic carbocycles. The highest BCUT2D eigenvalue weighted by molar-refractivity contribution is 6.08. The molecule has 1 saturated heterocycles. The van der Waals surface area contributed by atoms with Gasteiger partial charge in [0.15, 0.2) is 0 Å². The van der Waals surface area contributed by atoms with Crippen molar-refractivity contribution in [3.63, 3.8) is 0 Å². The van der Waals surface area contributed by atoms with Crippen LogP contribution in [-0.2, 0) is 22.6 Å². The topological polar surface area (TPSA) is 69.7 Å². The lowest BCUT2D eigenvalue weighted by Gasteiger charge is -2.26. The van der Waals surface area contributed by atoms with E-state index in [1.165, 1.54) is 0 Å². The number of imide groups is 1. The van der Waals surface area contributed by atoms with Gasteiger partial charge in [0, 0.05) is 13.1 Å². The lowest BCUT2D eigenvalue weighted by atomic mass is 9.91. The SMILES string of the molecule is CC(C)C[C@@]1(C)NC(=O)N(CC(=O)N(CCc2ccccc2)Cc2ccccc2)C1=O. The molecule has 164 valence electrons. The second-order valence-corrected chi connectivity index (χ2v) is 8.79. The number of hydrogen-bond acceptors (Lipinski definition) is 3. The summed E-state index contributed by atoms with van der Waals surface area (Å²) in [6.07, 6.45) is 1.23. The number of nitrogens with zero attached hydrogens (tertiary/aromatic N) is 2. The minimum atomic E-state index is -0.959. The van der Waals surface area contributed by atoms with Crippen LogP contribution >= 0.6 is 0 Å². The smallest absolute Gasteiger partial charge is 0.325 e. The molecule has 0 aromatic heterocycles. The molecular formula is C25H31N3O3. The molecule has 4 amide bonds. The third-order valence-electron chi connectivity index (χ3n) is 5.54. The number of rotatable bonds is 9. The van der Waals surface area contributed by atoms with Gasteiger partial charge in [-0.15, -0.1) is 0 Å². The van der Waals surface area contributed by atoms with Crippen molar-refractivity contribution in [3.8, 4) is 0 Å². The molecule has 0 bridgehead atoms. The van der Waals surface area contributed by atoms with Crippen LogP contribution < -0.4 is 5.32 Å². The van der Waals surface area contributed by atoms with Crippen molar-refractivity contribution in [3.05, 3.63) is 71.8 Å². The molecule has 1 aliphatic rings. The highest BCUT2D eigenvalue weighted by atomic mass is 16.2. The Kier molecular flexibility index (Phi) is 7.10. The first-order valence-electron chi connectivity index (χ1n) is 10.8. The molecule has 1 N–H and O–H groups in total. The van der Waals surface area contributed by atoms with Crippen molar-refractivity contribution in [2.45, 2.75) is 45.7 Å². The molecule has 2 aromatic rings. The van der Waals surface area contributed by atoms with Crippen LogP contribution in [0, 0.1) is 5.92 Å². The molecule has 1 aliphatic heterocycles. The minimum absolute atomic E-state index is 0.239. The number of benzene rings is 2. The zero-order valence-electron chi connectivity index (χ0n) is 18.5. The van der Waals surface area contributed by atoms with Gasteiger partial charge in [0.25, 0.3) is 5.91 Å². The van der Waals surface area contributed by atoms with Crippen LogP contribution in [-0.4, -0.2) is 46.3 Å². The number of carbonyl (C=O) groups excluding carboxylic acids is 3. The average Bonchev–Trinajstić information content (AvgIpc) is 2.94. The van der Waals surface area contributed by atoms with E-state index in [9.17, 15) is 14.4 Å². The van der Waals surface area contributed by atoms with Gasteiger partial charge < -0.3 is 10.2 Å². The Morgan fingerprint density at radius 3 is 2.16 bits per heavy atom. The fourth-order valence-corrected chi connectivity index (χ4v) is 4.09. The van der Waals surface area contributed by atoms with Crippen molar-refractivity contribution in [2.75, 3.05) is 13.1 Å². The molecule has 6 heteroatoms. The monoisotopic (exact) mass is 421 g/mol. The van der Waals surface area contributed by atoms with Crippen LogP contribution in [0.1, 0.15) is 38.3 Å². The molecule has 31 heavy (non-hydrogen) atoms. The van der Waals surface area contributed by atoms with E-state index in [0.717, 1.165) is 16.0 Å². The van der Waals surface area contributed by atoms with Crippen LogP contribution in [0.5, 0.6) is 0 Å². The van der Waals surface area contributed by atoms with E-state index in [1.54, 1.807) is 11.8 Å². The molecule has 0 radical (unpaired) electrons. The first-order chi connectivity index (χ1) is 14.8. The van der Waals surface area contributed by atoms with Crippen LogP contribution in [0.15, 0.2) is 60.7 Å². The Bertz CT molecular complexity index is 914. The van der Waals surface area contributed by atoms with Crippen LogP contribution in [0.2, 0.25) is 0 Å². The highest BCUT2D eigenvalue weighted by Gasteiger charge is 2.48. The molecule has 3 rings (SSSR count). The van der Waals surface area contributed by atoms with Gasteiger partial charge in [-0.2, -0.15) is 0 Å². The average molecular weight is 422 g/mol. The highest BCUT2D eigenvalue weighted by Crippen LogP contribution is 2.25.